The average molecular weight is 384 g/mol. The predicted molar refractivity (Wildman–Crippen MR) is 107 cm³/mol. The number of H-pyrrole nitrogens is 1. The molecule has 2 atom stereocenters. The molecule has 1 aliphatic heterocycles. The molecule has 9 heteroatoms. The Morgan fingerprint density at radius 3 is 2.78 bits per heavy atom. The topological polar surface area (TPSA) is 109 Å². The van der Waals surface area contributed by atoms with Gasteiger partial charge in [-0.2, -0.15) is 4.98 Å². The third-order valence-corrected chi connectivity index (χ3v) is 5.94. The van der Waals surface area contributed by atoms with Crippen molar-refractivity contribution in [3.8, 4) is 10.6 Å². The second-order valence-corrected chi connectivity index (χ2v) is 7.88. The molecule has 1 aromatic carbocycles. The van der Waals surface area contributed by atoms with Gasteiger partial charge in [-0.15, -0.1) is 11.3 Å². The van der Waals surface area contributed by atoms with Crippen LogP contribution < -0.4 is 21.5 Å². The molecule has 2 fully saturated rings. The third-order valence-electron chi connectivity index (χ3n) is 4.89. The zero-order chi connectivity index (χ0) is 18.4. The fraction of sp³-hybridized carbons (Fsp3) is 0.389. The highest BCUT2D eigenvalue weighted by atomic mass is 32.1. The predicted octanol–water partition coefficient (Wildman–Crippen LogP) is 1.39. The molecule has 2 aromatic heterocycles. The molecule has 1 saturated carbocycles. The van der Waals surface area contributed by atoms with E-state index in [2.05, 4.69) is 15.3 Å². The lowest BCUT2D eigenvalue weighted by atomic mass is 10.3. The zero-order valence-corrected chi connectivity index (χ0v) is 15.5. The van der Waals surface area contributed by atoms with E-state index in [4.69, 9.17) is 15.5 Å². The summed E-state index contributed by atoms with van der Waals surface area (Å²) in [6, 6.07) is 8.10. The lowest BCUT2D eigenvalue weighted by Crippen LogP contribution is -2.38. The van der Waals surface area contributed by atoms with Crippen molar-refractivity contribution >= 4 is 33.3 Å². The molecule has 8 nitrogen and oxygen atoms in total. The van der Waals surface area contributed by atoms with Crippen molar-refractivity contribution in [1.29, 1.82) is 0 Å². The summed E-state index contributed by atoms with van der Waals surface area (Å²) in [5, 5.41) is 4.01. The largest absolute Gasteiger partial charge is 0.378 e. The number of ether oxygens (including phenoxy) is 1. The maximum Gasteiger partial charge on any atom is 0.264 e. The fourth-order valence-corrected chi connectivity index (χ4v) is 4.23. The summed E-state index contributed by atoms with van der Waals surface area (Å²) in [6.45, 7) is 2.65. The second kappa shape index (κ2) is 6.59. The molecule has 1 saturated heterocycles. The molecule has 5 rings (SSSR count). The van der Waals surface area contributed by atoms with Gasteiger partial charge in [0.15, 0.2) is 0 Å². The van der Waals surface area contributed by atoms with Crippen molar-refractivity contribution in [3.63, 3.8) is 0 Å². The van der Waals surface area contributed by atoms with E-state index in [9.17, 15) is 4.79 Å². The molecule has 0 radical (unpaired) electrons. The van der Waals surface area contributed by atoms with Crippen molar-refractivity contribution in [2.45, 2.75) is 18.5 Å². The van der Waals surface area contributed by atoms with Crippen molar-refractivity contribution < 1.29 is 4.74 Å². The number of benzene rings is 1. The van der Waals surface area contributed by atoms with Crippen LogP contribution >= 0.6 is 11.3 Å². The summed E-state index contributed by atoms with van der Waals surface area (Å²) in [5.74, 6) is 1.11. The van der Waals surface area contributed by atoms with Crippen molar-refractivity contribution in [1.82, 2.24) is 15.0 Å². The smallest absolute Gasteiger partial charge is 0.264 e. The Balaban J connectivity index is 1.61. The van der Waals surface area contributed by atoms with Crippen LogP contribution in [-0.4, -0.2) is 53.3 Å². The lowest BCUT2D eigenvalue weighted by Gasteiger charge is -2.27. The highest BCUT2D eigenvalue weighted by molar-refractivity contribution is 7.21. The molecule has 0 amide bonds. The number of aromatic amines is 1. The number of nitrogens with one attached hydrogen (secondary N) is 2. The fourth-order valence-electron chi connectivity index (χ4n) is 3.22. The molecule has 2 aliphatic rings. The number of nitrogens with two attached hydrogens (primary N) is 1. The van der Waals surface area contributed by atoms with E-state index < -0.39 is 0 Å². The Kier molecular flexibility index (Phi) is 4.07. The van der Waals surface area contributed by atoms with Gasteiger partial charge in [-0.1, -0.05) is 12.1 Å². The Bertz CT molecular complexity index is 1010. The van der Waals surface area contributed by atoms with E-state index >= 15 is 0 Å². The summed E-state index contributed by atoms with van der Waals surface area (Å²) in [5.41, 5.74) is 7.13. The van der Waals surface area contributed by atoms with Gasteiger partial charge >= 0.3 is 0 Å². The highest BCUT2D eigenvalue weighted by Crippen LogP contribution is 2.34. The van der Waals surface area contributed by atoms with E-state index in [1.807, 2.05) is 29.2 Å². The van der Waals surface area contributed by atoms with Gasteiger partial charge in [0.25, 0.3) is 5.56 Å². The number of para-hydroxylation sites is 1. The van der Waals surface area contributed by atoms with E-state index in [1.165, 1.54) is 11.3 Å². The van der Waals surface area contributed by atoms with Crippen molar-refractivity contribution in [2.24, 2.45) is 5.73 Å². The van der Waals surface area contributed by atoms with Gasteiger partial charge in [0, 0.05) is 25.2 Å². The minimum atomic E-state index is -0.192. The molecule has 3 heterocycles. The number of aromatic nitrogens is 3. The quantitative estimate of drug-likeness (QED) is 0.624. The lowest BCUT2D eigenvalue weighted by molar-refractivity contribution is 0.122. The van der Waals surface area contributed by atoms with Gasteiger partial charge < -0.3 is 20.7 Å². The van der Waals surface area contributed by atoms with Crippen LogP contribution in [0, 0.1) is 0 Å². The Hall–Kier alpha value is -2.49. The van der Waals surface area contributed by atoms with Crippen LogP contribution in [-0.2, 0) is 4.74 Å². The summed E-state index contributed by atoms with van der Waals surface area (Å²) in [6.07, 6.45) is 0.876. The number of fused-ring (bicyclic) bond motifs is 1. The number of thiazole rings is 1. The van der Waals surface area contributed by atoms with Gasteiger partial charge in [-0.05, 0) is 18.6 Å². The molecule has 140 valence electrons. The van der Waals surface area contributed by atoms with E-state index in [0.717, 1.165) is 16.6 Å². The van der Waals surface area contributed by atoms with Crippen LogP contribution in [0.1, 0.15) is 6.42 Å². The van der Waals surface area contributed by atoms with Gasteiger partial charge in [-0.25, -0.2) is 4.98 Å². The van der Waals surface area contributed by atoms with Gasteiger partial charge in [0.2, 0.25) is 5.95 Å². The number of anilines is 2. The molecule has 0 unspecified atom stereocenters. The maximum absolute atomic E-state index is 13.0. The molecular weight excluding hydrogens is 364 g/mol. The number of hydrogen-bond donors (Lipinski definition) is 3. The molecule has 4 N–H and O–H groups in total. The Morgan fingerprint density at radius 2 is 2.04 bits per heavy atom. The summed E-state index contributed by atoms with van der Waals surface area (Å²) in [7, 11) is 0. The first-order chi connectivity index (χ1) is 13.2. The van der Waals surface area contributed by atoms with Crippen LogP contribution in [0.2, 0.25) is 0 Å². The molecule has 27 heavy (non-hydrogen) atoms. The SMILES string of the molecule is N[C@H]1C[C@H]1Nc1nc(N2CCOCC2)[nH]c(=O)c1-c1nc2ccccc2s1. The van der Waals surface area contributed by atoms with Crippen LogP contribution in [0.4, 0.5) is 11.8 Å². The minimum Gasteiger partial charge on any atom is -0.378 e. The average Bonchev–Trinajstić information content (AvgIpc) is 3.21. The first-order valence-electron chi connectivity index (χ1n) is 9.04. The van der Waals surface area contributed by atoms with Gasteiger partial charge in [0.1, 0.15) is 16.4 Å². The first kappa shape index (κ1) is 16.7. The third kappa shape index (κ3) is 3.18. The van der Waals surface area contributed by atoms with E-state index in [-0.39, 0.29) is 17.6 Å². The van der Waals surface area contributed by atoms with Crippen LogP contribution in [0.25, 0.3) is 20.8 Å². The van der Waals surface area contributed by atoms with Gasteiger partial charge in [0.05, 0.1) is 23.4 Å². The highest BCUT2D eigenvalue weighted by Gasteiger charge is 2.35. The molecule has 3 aromatic rings. The maximum atomic E-state index is 13.0. The number of hydrogen-bond acceptors (Lipinski definition) is 8. The molecule has 0 bridgehead atoms. The normalized spacial score (nSPS) is 22.2. The van der Waals surface area contributed by atoms with Crippen LogP contribution in [0.5, 0.6) is 0 Å². The minimum absolute atomic E-state index is 0.0983. The van der Waals surface area contributed by atoms with E-state index in [1.54, 1.807) is 0 Å². The van der Waals surface area contributed by atoms with Crippen molar-refractivity contribution in [2.75, 3.05) is 36.5 Å². The van der Waals surface area contributed by atoms with Crippen LogP contribution in [0.15, 0.2) is 29.1 Å². The monoisotopic (exact) mass is 384 g/mol. The van der Waals surface area contributed by atoms with Crippen LogP contribution in [0.3, 0.4) is 0 Å². The van der Waals surface area contributed by atoms with Gasteiger partial charge in [-0.3, -0.25) is 9.78 Å². The zero-order valence-electron chi connectivity index (χ0n) is 14.6. The molecular formula is C18H20N6O2S. The van der Waals surface area contributed by atoms with Crippen molar-refractivity contribution in [3.05, 3.63) is 34.6 Å². The van der Waals surface area contributed by atoms with E-state index in [0.29, 0.717) is 48.6 Å². The second-order valence-electron chi connectivity index (χ2n) is 6.85. The summed E-state index contributed by atoms with van der Waals surface area (Å²) in [4.78, 5) is 27.4. The standard InChI is InChI=1S/C18H20N6O2S/c19-10-9-12(10)20-15-14(17-21-11-3-1-2-4-13(11)27-17)16(25)23-18(22-15)24-5-7-26-8-6-24/h1-4,10,12H,5-9,19H2,(H2,20,22,23,25)/t10-,12+/m0/s1. The Labute approximate surface area is 159 Å². The first-order valence-corrected chi connectivity index (χ1v) is 9.86. The summed E-state index contributed by atoms with van der Waals surface area (Å²) < 4.78 is 6.44. The summed E-state index contributed by atoms with van der Waals surface area (Å²) >= 11 is 1.49. The number of rotatable bonds is 4. The molecule has 1 aliphatic carbocycles. The molecule has 0 spiro atoms. The number of nitrogens with zero attached hydrogens (tertiary/aromatic N) is 3. The Morgan fingerprint density at radius 1 is 1.26 bits per heavy atom. The number of morpholine rings is 1.